The second kappa shape index (κ2) is 15.3. The first-order valence-corrected chi connectivity index (χ1v) is 27.0. The van der Waals surface area contributed by atoms with Gasteiger partial charge < -0.3 is 9.32 Å². The van der Waals surface area contributed by atoms with Crippen LogP contribution in [0.5, 0.6) is 0 Å². The highest BCUT2D eigenvalue weighted by atomic mass is 16.3. The van der Waals surface area contributed by atoms with Crippen LogP contribution in [0.15, 0.2) is 241 Å². The highest BCUT2D eigenvalue weighted by Gasteiger charge is 2.53. The van der Waals surface area contributed by atoms with E-state index in [-0.39, 0.29) is 5.41 Å². The Morgan fingerprint density at radius 3 is 1.47 bits per heavy atom. The minimum absolute atomic E-state index is 0.130. The zero-order valence-corrected chi connectivity index (χ0v) is 41.4. The summed E-state index contributed by atoms with van der Waals surface area (Å²) < 4.78 is 7.09. The van der Waals surface area contributed by atoms with Crippen molar-refractivity contribution in [1.29, 1.82) is 0 Å². The number of para-hydroxylation sites is 2. The van der Waals surface area contributed by atoms with Crippen LogP contribution in [-0.2, 0) is 10.8 Å². The summed E-state index contributed by atoms with van der Waals surface area (Å²) in [5, 5.41) is 9.85. The molecule has 75 heavy (non-hydrogen) atoms. The van der Waals surface area contributed by atoms with Crippen molar-refractivity contribution >= 4 is 71.3 Å². The van der Waals surface area contributed by atoms with Crippen LogP contribution in [0.3, 0.4) is 0 Å². The number of benzene rings is 12. The lowest BCUT2D eigenvalue weighted by Gasteiger charge is -2.40. The van der Waals surface area contributed by atoms with Crippen molar-refractivity contribution in [3.8, 4) is 44.5 Å². The van der Waals surface area contributed by atoms with Crippen molar-refractivity contribution in [2.75, 3.05) is 4.90 Å². The summed E-state index contributed by atoms with van der Waals surface area (Å²) >= 11 is 0. The Morgan fingerprint density at radius 2 is 0.800 bits per heavy atom. The van der Waals surface area contributed by atoms with Crippen LogP contribution in [0.4, 0.5) is 17.1 Å². The van der Waals surface area contributed by atoms with Gasteiger partial charge in [0.05, 0.1) is 16.8 Å². The summed E-state index contributed by atoms with van der Waals surface area (Å²) in [7, 11) is 0. The van der Waals surface area contributed by atoms with E-state index >= 15 is 0 Å². The molecular weight excluding hydrogens is 907 g/mol. The summed E-state index contributed by atoms with van der Waals surface area (Å²) in [6.45, 7) is 0. The maximum Gasteiger partial charge on any atom is 0.143 e. The summed E-state index contributed by atoms with van der Waals surface area (Å²) in [6.07, 6.45) is 5.91. The average molecular weight is 956 g/mol. The predicted molar refractivity (Wildman–Crippen MR) is 312 cm³/mol. The fraction of sp³-hybridized carbons (Fsp3) is 0.0959. The molecular formula is C73H49NO. The third-order valence-electron chi connectivity index (χ3n) is 18.2. The Morgan fingerprint density at radius 1 is 0.307 bits per heavy atom. The zero-order chi connectivity index (χ0) is 49.0. The molecule has 0 amide bonds. The number of fused-ring (bicyclic) bond motifs is 24. The molecule has 0 saturated heterocycles. The highest BCUT2D eigenvalue weighted by Crippen LogP contribution is 2.66. The second-order valence-electron chi connectivity index (χ2n) is 21.6. The predicted octanol–water partition coefficient (Wildman–Crippen LogP) is 19.8. The molecule has 1 aromatic heterocycles. The van der Waals surface area contributed by atoms with Gasteiger partial charge in [-0.15, -0.1) is 0 Å². The molecule has 13 aromatic rings. The number of furan rings is 1. The highest BCUT2D eigenvalue weighted by molar-refractivity contribution is 6.26. The van der Waals surface area contributed by atoms with E-state index in [1.807, 2.05) is 0 Å². The van der Waals surface area contributed by atoms with Gasteiger partial charge in [-0.05, 0) is 148 Å². The third kappa shape index (κ3) is 5.38. The molecule has 4 aliphatic rings. The lowest BCUT2D eigenvalue weighted by Crippen LogP contribution is -2.30. The maximum absolute atomic E-state index is 7.09. The largest absolute Gasteiger partial charge is 0.455 e. The van der Waals surface area contributed by atoms with Crippen LogP contribution in [0, 0.1) is 0 Å². The number of anilines is 3. The van der Waals surface area contributed by atoms with Gasteiger partial charge in [-0.2, -0.15) is 0 Å². The van der Waals surface area contributed by atoms with Gasteiger partial charge in [0, 0.05) is 33.0 Å². The van der Waals surface area contributed by atoms with E-state index in [0.29, 0.717) is 0 Å². The first kappa shape index (κ1) is 41.5. The van der Waals surface area contributed by atoms with Crippen LogP contribution in [-0.4, -0.2) is 0 Å². The molecule has 4 aliphatic carbocycles. The van der Waals surface area contributed by atoms with E-state index in [4.69, 9.17) is 4.42 Å². The average Bonchev–Trinajstić information content (AvgIpc) is 4.18. The van der Waals surface area contributed by atoms with Gasteiger partial charge in [-0.25, -0.2) is 0 Å². The van der Waals surface area contributed by atoms with E-state index in [0.717, 1.165) is 57.3 Å². The van der Waals surface area contributed by atoms with Crippen molar-refractivity contribution in [2.45, 2.75) is 42.9 Å². The molecule has 1 fully saturated rings. The molecule has 12 aromatic carbocycles. The maximum atomic E-state index is 7.09. The van der Waals surface area contributed by atoms with Crippen LogP contribution in [0.1, 0.15) is 65.5 Å². The fourth-order valence-electron chi connectivity index (χ4n) is 15.3. The van der Waals surface area contributed by atoms with Crippen molar-refractivity contribution < 1.29 is 4.42 Å². The fourth-order valence-corrected chi connectivity index (χ4v) is 15.3. The van der Waals surface area contributed by atoms with Crippen molar-refractivity contribution in [1.82, 2.24) is 0 Å². The van der Waals surface area contributed by atoms with E-state index in [1.165, 1.54) is 124 Å². The molecule has 17 rings (SSSR count). The van der Waals surface area contributed by atoms with Crippen LogP contribution in [0.25, 0.3) is 98.8 Å². The van der Waals surface area contributed by atoms with Crippen molar-refractivity contribution in [3.63, 3.8) is 0 Å². The van der Waals surface area contributed by atoms with E-state index in [1.54, 1.807) is 0 Å². The Hall–Kier alpha value is -8.98. The van der Waals surface area contributed by atoms with E-state index in [2.05, 4.69) is 241 Å². The molecule has 352 valence electrons. The summed E-state index contributed by atoms with van der Waals surface area (Å²) in [5.41, 5.74) is 23.0. The second-order valence-corrected chi connectivity index (χ2v) is 21.6. The Labute approximate surface area is 435 Å². The minimum atomic E-state index is -0.554. The number of rotatable bonds is 4. The SMILES string of the molecule is c1ccc2c(c1)-c1cccc(N(c3ccc4c5ccccc5c5ccccc5c4c3)c3cc4c(cc3-c3cccc5c3oc3ccccc35)-c3ccccc3C43c4ccccc4-c4ccccc43)c1C21CCCCC1. The first-order valence-electron chi connectivity index (χ1n) is 27.0. The van der Waals surface area contributed by atoms with Gasteiger partial charge in [-0.1, -0.05) is 219 Å². The molecule has 2 nitrogen and oxygen atoms in total. The van der Waals surface area contributed by atoms with Gasteiger partial charge in [0.25, 0.3) is 0 Å². The Bertz CT molecular complexity index is 4520. The molecule has 0 radical (unpaired) electrons. The number of nitrogens with zero attached hydrogens (tertiary/aromatic N) is 1. The van der Waals surface area contributed by atoms with Crippen LogP contribution >= 0.6 is 0 Å². The number of hydrogen-bond acceptors (Lipinski definition) is 2. The molecule has 1 saturated carbocycles. The van der Waals surface area contributed by atoms with Crippen LogP contribution in [0.2, 0.25) is 0 Å². The summed E-state index contributed by atoms with van der Waals surface area (Å²) in [6, 6.07) is 90.0. The normalized spacial score (nSPS) is 15.1. The molecule has 0 aliphatic heterocycles. The Balaban J connectivity index is 1.06. The van der Waals surface area contributed by atoms with E-state index in [9.17, 15) is 0 Å². The van der Waals surface area contributed by atoms with Gasteiger partial charge in [-0.3, -0.25) is 0 Å². The number of hydrogen-bond donors (Lipinski definition) is 0. The first-order chi connectivity index (χ1) is 37.2. The van der Waals surface area contributed by atoms with Gasteiger partial charge in [0.2, 0.25) is 0 Å². The molecule has 2 heteroatoms. The zero-order valence-electron chi connectivity index (χ0n) is 41.4. The standard InChI is InChI=1S/C73H49NO/c1-16-40-72(41-17-1)62-32-11-6-26-53(62)56-29-19-36-67(70(56)72)74(45-38-39-50-48-22-3-2-20-46(48)47-21-4-5-23-49(47)59(50)42-45)68-44-66-60(43-61(68)58-31-18-30-57-55-28-10-15-37-69(55)75-71(57)58)54-27-9-14-35-65(54)73(66)63-33-12-7-24-51(63)52-25-8-13-34-64(52)73/h2-15,18-39,42-44H,1,16-17,40-41H2. The minimum Gasteiger partial charge on any atom is -0.455 e. The van der Waals surface area contributed by atoms with Gasteiger partial charge in [0.15, 0.2) is 0 Å². The molecule has 0 N–H and O–H groups in total. The monoisotopic (exact) mass is 955 g/mol. The molecule has 0 bridgehead atoms. The third-order valence-corrected chi connectivity index (χ3v) is 18.2. The van der Waals surface area contributed by atoms with Crippen molar-refractivity contribution in [2.24, 2.45) is 0 Å². The van der Waals surface area contributed by atoms with Gasteiger partial charge in [0.1, 0.15) is 11.2 Å². The summed E-state index contributed by atoms with van der Waals surface area (Å²) in [4.78, 5) is 2.70. The van der Waals surface area contributed by atoms with Crippen LogP contribution < -0.4 is 4.90 Å². The molecule has 0 unspecified atom stereocenters. The smallest absolute Gasteiger partial charge is 0.143 e. The van der Waals surface area contributed by atoms with E-state index < -0.39 is 5.41 Å². The Kier molecular flexibility index (Phi) is 8.46. The molecule has 1 heterocycles. The lowest BCUT2D eigenvalue weighted by atomic mass is 9.67. The van der Waals surface area contributed by atoms with Crippen molar-refractivity contribution in [3.05, 3.63) is 270 Å². The quantitative estimate of drug-likeness (QED) is 0.163. The molecule has 2 spiro atoms. The summed E-state index contributed by atoms with van der Waals surface area (Å²) in [5.74, 6) is 0. The topological polar surface area (TPSA) is 16.4 Å². The molecule has 0 atom stereocenters. The lowest BCUT2D eigenvalue weighted by molar-refractivity contribution is 0.353. The van der Waals surface area contributed by atoms with Gasteiger partial charge >= 0.3 is 0 Å².